The Balaban J connectivity index is 2.17. The van der Waals surface area contributed by atoms with E-state index in [0.29, 0.717) is 6.04 Å². The zero-order chi connectivity index (χ0) is 11.9. The number of thioether (sulfide) groups is 1. The maximum Gasteiger partial charge on any atom is 0.0779 e. The summed E-state index contributed by atoms with van der Waals surface area (Å²) in [5, 5.41) is 3.55. The summed E-state index contributed by atoms with van der Waals surface area (Å²) >= 11 is 1.98. The molecule has 1 aliphatic rings. The van der Waals surface area contributed by atoms with E-state index >= 15 is 0 Å². The number of nitrogens with two attached hydrogens (primary N) is 1. The standard InChI is InChI=1S/C12H26N2OS/c1-3-16-8-5-11(9-13)14-10-12(2)6-4-7-15-12/h11,14H,3-10,13H2,1-2H3. The number of rotatable bonds is 8. The van der Waals surface area contributed by atoms with Crippen LogP contribution in [-0.4, -0.2) is 42.8 Å². The minimum atomic E-state index is 0.0469. The van der Waals surface area contributed by atoms with Gasteiger partial charge in [-0.3, -0.25) is 0 Å². The van der Waals surface area contributed by atoms with Gasteiger partial charge in [-0.2, -0.15) is 11.8 Å². The first-order valence-corrected chi connectivity index (χ1v) is 7.51. The van der Waals surface area contributed by atoms with E-state index in [1.807, 2.05) is 11.8 Å². The molecule has 0 aromatic heterocycles. The smallest absolute Gasteiger partial charge is 0.0779 e. The van der Waals surface area contributed by atoms with Gasteiger partial charge in [0.05, 0.1) is 5.60 Å². The fourth-order valence-electron chi connectivity index (χ4n) is 2.01. The van der Waals surface area contributed by atoms with Gasteiger partial charge >= 0.3 is 0 Å². The Kier molecular flexibility index (Phi) is 6.73. The Morgan fingerprint density at radius 2 is 2.38 bits per heavy atom. The monoisotopic (exact) mass is 246 g/mol. The second kappa shape index (κ2) is 7.54. The molecule has 0 aromatic rings. The second-order valence-electron chi connectivity index (χ2n) is 4.70. The van der Waals surface area contributed by atoms with E-state index in [0.717, 1.165) is 26.1 Å². The molecular weight excluding hydrogens is 220 g/mol. The molecule has 16 heavy (non-hydrogen) atoms. The van der Waals surface area contributed by atoms with Gasteiger partial charge in [-0.1, -0.05) is 6.92 Å². The van der Waals surface area contributed by atoms with Crippen molar-refractivity contribution in [3.8, 4) is 0 Å². The van der Waals surface area contributed by atoms with E-state index in [9.17, 15) is 0 Å². The van der Waals surface area contributed by atoms with Crippen molar-refractivity contribution >= 4 is 11.8 Å². The Bertz CT molecular complexity index is 184. The SMILES string of the molecule is CCSCCC(CN)NCC1(C)CCCO1. The second-order valence-corrected chi connectivity index (χ2v) is 6.09. The number of nitrogens with one attached hydrogen (secondary N) is 1. The van der Waals surface area contributed by atoms with Gasteiger partial charge in [0.2, 0.25) is 0 Å². The van der Waals surface area contributed by atoms with Gasteiger partial charge in [0.1, 0.15) is 0 Å². The lowest BCUT2D eigenvalue weighted by Gasteiger charge is -2.27. The van der Waals surface area contributed by atoms with Crippen LogP contribution >= 0.6 is 11.8 Å². The molecule has 0 aliphatic carbocycles. The molecule has 2 atom stereocenters. The Morgan fingerprint density at radius 1 is 1.56 bits per heavy atom. The molecule has 0 saturated carbocycles. The fourth-order valence-corrected chi connectivity index (χ4v) is 2.75. The van der Waals surface area contributed by atoms with Crippen molar-refractivity contribution in [3.63, 3.8) is 0 Å². The van der Waals surface area contributed by atoms with Crippen molar-refractivity contribution in [1.82, 2.24) is 5.32 Å². The molecule has 4 heteroatoms. The zero-order valence-corrected chi connectivity index (χ0v) is 11.4. The molecule has 3 N–H and O–H groups in total. The Labute approximate surface area is 104 Å². The predicted molar refractivity (Wildman–Crippen MR) is 72.1 cm³/mol. The molecule has 0 radical (unpaired) electrons. The maximum absolute atomic E-state index is 5.77. The summed E-state index contributed by atoms with van der Waals surface area (Å²) in [6.45, 7) is 6.97. The van der Waals surface area contributed by atoms with Gasteiger partial charge in [0.25, 0.3) is 0 Å². The van der Waals surface area contributed by atoms with Crippen LogP contribution in [0.1, 0.15) is 33.1 Å². The van der Waals surface area contributed by atoms with Crippen molar-refractivity contribution in [1.29, 1.82) is 0 Å². The third kappa shape index (κ3) is 5.04. The van der Waals surface area contributed by atoms with Crippen LogP contribution in [0.5, 0.6) is 0 Å². The van der Waals surface area contributed by atoms with E-state index in [2.05, 4.69) is 19.2 Å². The van der Waals surface area contributed by atoms with Crippen molar-refractivity contribution in [2.75, 3.05) is 31.2 Å². The van der Waals surface area contributed by atoms with Crippen LogP contribution in [-0.2, 0) is 4.74 Å². The van der Waals surface area contributed by atoms with Crippen LogP contribution in [0.2, 0.25) is 0 Å². The molecule has 0 bridgehead atoms. The van der Waals surface area contributed by atoms with Crippen LogP contribution in [0.15, 0.2) is 0 Å². The molecule has 2 unspecified atom stereocenters. The Hall–Kier alpha value is 0.230. The van der Waals surface area contributed by atoms with Crippen LogP contribution in [0.25, 0.3) is 0 Å². The zero-order valence-electron chi connectivity index (χ0n) is 10.6. The molecule has 0 amide bonds. The molecule has 1 fully saturated rings. The third-order valence-electron chi connectivity index (χ3n) is 3.16. The summed E-state index contributed by atoms with van der Waals surface area (Å²) < 4.78 is 5.75. The van der Waals surface area contributed by atoms with Crippen LogP contribution in [0.4, 0.5) is 0 Å². The van der Waals surface area contributed by atoms with E-state index in [-0.39, 0.29) is 5.60 Å². The fraction of sp³-hybridized carbons (Fsp3) is 1.00. The number of ether oxygens (including phenoxy) is 1. The summed E-state index contributed by atoms with van der Waals surface area (Å²) in [6, 6.07) is 0.445. The van der Waals surface area contributed by atoms with Crippen molar-refractivity contribution in [2.24, 2.45) is 5.73 Å². The van der Waals surface area contributed by atoms with Gasteiger partial charge in [-0.05, 0) is 37.7 Å². The summed E-state index contributed by atoms with van der Waals surface area (Å²) in [4.78, 5) is 0. The molecule has 0 aromatic carbocycles. The lowest BCUT2D eigenvalue weighted by molar-refractivity contribution is 0.0189. The molecule has 1 heterocycles. The summed E-state index contributed by atoms with van der Waals surface area (Å²) in [5.41, 5.74) is 5.82. The summed E-state index contributed by atoms with van der Waals surface area (Å²) in [5.74, 6) is 2.39. The normalized spacial score (nSPS) is 27.2. The largest absolute Gasteiger partial charge is 0.374 e. The number of hydrogen-bond acceptors (Lipinski definition) is 4. The van der Waals surface area contributed by atoms with Gasteiger partial charge < -0.3 is 15.8 Å². The van der Waals surface area contributed by atoms with Crippen molar-refractivity contribution < 1.29 is 4.74 Å². The van der Waals surface area contributed by atoms with Gasteiger partial charge in [-0.25, -0.2) is 0 Å². The third-order valence-corrected chi connectivity index (χ3v) is 4.10. The minimum Gasteiger partial charge on any atom is -0.374 e. The van der Waals surface area contributed by atoms with Crippen molar-refractivity contribution in [3.05, 3.63) is 0 Å². The summed E-state index contributed by atoms with van der Waals surface area (Å²) in [7, 11) is 0. The predicted octanol–water partition coefficient (Wildman–Crippen LogP) is 1.62. The van der Waals surface area contributed by atoms with E-state index in [1.54, 1.807) is 0 Å². The lowest BCUT2D eigenvalue weighted by atomic mass is 10.0. The van der Waals surface area contributed by atoms with Gasteiger partial charge in [0.15, 0.2) is 0 Å². The molecule has 0 spiro atoms. The van der Waals surface area contributed by atoms with Crippen LogP contribution in [0, 0.1) is 0 Å². The molecule has 1 saturated heterocycles. The molecule has 1 rings (SSSR count). The van der Waals surface area contributed by atoms with Crippen molar-refractivity contribution in [2.45, 2.75) is 44.8 Å². The summed E-state index contributed by atoms with van der Waals surface area (Å²) in [6.07, 6.45) is 3.52. The molecular formula is C12H26N2OS. The quantitative estimate of drug-likeness (QED) is 0.639. The number of hydrogen-bond donors (Lipinski definition) is 2. The van der Waals surface area contributed by atoms with Gasteiger partial charge in [0, 0.05) is 25.7 Å². The minimum absolute atomic E-state index is 0.0469. The topological polar surface area (TPSA) is 47.3 Å². The Morgan fingerprint density at radius 3 is 2.94 bits per heavy atom. The van der Waals surface area contributed by atoms with E-state index < -0.39 is 0 Å². The van der Waals surface area contributed by atoms with E-state index in [4.69, 9.17) is 10.5 Å². The first-order valence-electron chi connectivity index (χ1n) is 6.35. The first-order chi connectivity index (χ1) is 7.70. The highest BCUT2D eigenvalue weighted by Crippen LogP contribution is 2.24. The highest BCUT2D eigenvalue weighted by molar-refractivity contribution is 7.99. The molecule has 3 nitrogen and oxygen atoms in total. The first kappa shape index (κ1) is 14.3. The average molecular weight is 246 g/mol. The molecule has 1 aliphatic heterocycles. The van der Waals surface area contributed by atoms with Crippen LogP contribution in [0.3, 0.4) is 0 Å². The maximum atomic E-state index is 5.77. The highest BCUT2D eigenvalue weighted by Gasteiger charge is 2.29. The van der Waals surface area contributed by atoms with Crippen LogP contribution < -0.4 is 11.1 Å². The highest BCUT2D eigenvalue weighted by atomic mass is 32.2. The average Bonchev–Trinajstić information content (AvgIpc) is 2.71. The molecule has 96 valence electrons. The van der Waals surface area contributed by atoms with Gasteiger partial charge in [-0.15, -0.1) is 0 Å². The lowest BCUT2D eigenvalue weighted by Crippen LogP contribution is -2.45. The van der Waals surface area contributed by atoms with E-state index in [1.165, 1.54) is 24.3 Å².